The highest BCUT2D eigenvalue weighted by atomic mass is 16.5. The van der Waals surface area contributed by atoms with E-state index in [2.05, 4.69) is 4.74 Å². The van der Waals surface area contributed by atoms with Gasteiger partial charge < -0.3 is 18.9 Å². The first-order valence-corrected chi connectivity index (χ1v) is 4.65. The van der Waals surface area contributed by atoms with Crippen molar-refractivity contribution < 1.29 is 18.9 Å². The Morgan fingerprint density at radius 1 is 0.857 bits per heavy atom. The van der Waals surface area contributed by atoms with Gasteiger partial charge in [-0.05, 0) is 13.8 Å². The fraction of sp³-hybridized carbons (Fsp3) is 1.00. The molecule has 0 saturated carbocycles. The molecule has 2 atom stereocenters. The molecule has 0 heterocycles. The zero-order chi connectivity index (χ0) is 11.4. The lowest BCUT2D eigenvalue weighted by Crippen LogP contribution is -2.21. The fourth-order valence-corrected chi connectivity index (χ4v) is 0.651. The largest absolute Gasteiger partial charge is 0.388 e. The molecule has 0 aliphatic rings. The van der Waals surface area contributed by atoms with Crippen molar-refractivity contribution in [3.8, 4) is 0 Å². The van der Waals surface area contributed by atoms with Gasteiger partial charge in [0.15, 0.2) is 0 Å². The Kier molecular flexibility index (Phi) is 14.9. The van der Waals surface area contributed by atoms with Crippen LogP contribution in [0.4, 0.5) is 0 Å². The third-order valence-corrected chi connectivity index (χ3v) is 1.42. The van der Waals surface area contributed by atoms with Crippen molar-refractivity contribution in [1.82, 2.24) is 0 Å². The molecule has 4 heteroatoms. The highest BCUT2D eigenvalue weighted by Crippen LogP contribution is 1.95. The van der Waals surface area contributed by atoms with Crippen LogP contribution in [-0.2, 0) is 18.9 Å². The fourth-order valence-electron chi connectivity index (χ4n) is 0.651. The third-order valence-electron chi connectivity index (χ3n) is 1.42. The lowest BCUT2D eigenvalue weighted by molar-refractivity contribution is -0.0386. The maximum atomic E-state index is 5.39. The molecule has 0 aromatic carbocycles. The minimum atomic E-state index is 0.151. The van der Waals surface area contributed by atoms with Gasteiger partial charge in [-0.2, -0.15) is 0 Å². The van der Waals surface area contributed by atoms with Crippen LogP contribution in [-0.4, -0.2) is 53.9 Å². The van der Waals surface area contributed by atoms with Crippen LogP contribution in [0.25, 0.3) is 0 Å². The Balaban J connectivity index is 0. The van der Waals surface area contributed by atoms with E-state index in [0.29, 0.717) is 13.2 Å². The second-order valence-electron chi connectivity index (χ2n) is 3.05. The van der Waals surface area contributed by atoms with Crippen LogP contribution in [0.2, 0.25) is 0 Å². The van der Waals surface area contributed by atoms with E-state index >= 15 is 0 Å². The predicted octanol–water partition coefficient (Wildman–Crippen LogP) is 1.34. The number of methoxy groups -OCH3 is 3. The molecule has 4 nitrogen and oxygen atoms in total. The normalized spacial score (nSPS) is 14.1. The molecule has 0 fully saturated rings. The van der Waals surface area contributed by atoms with E-state index in [9.17, 15) is 0 Å². The van der Waals surface area contributed by atoms with Gasteiger partial charge in [-0.1, -0.05) is 0 Å². The van der Waals surface area contributed by atoms with E-state index in [1.165, 1.54) is 0 Å². The highest BCUT2D eigenvalue weighted by molar-refractivity contribution is 4.50. The Morgan fingerprint density at radius 2 is 1.36 bits per heavy atom. The van der Waals surface area contributed by atoms with Crippen molar-refractivity contribution in [1.29, 1.82) is 0 Å². The molecular formula is C10H24O4. The molecule has 0 N–H and O–H groups in total. The SMILES string of the molecule is COC.COCC(C)OCC(C)OC. The van der Waals surface area contributed by atoms with Crippen molar-refractivity contribution in [2.24, 2.45) is 0 Å². The topological polar surface area (TPSA) is 36.9 Å². The van der Waals surface area contributed by atoms with Gasteiger partial charge in [-0.15, -0.1) is 0 Å². The molecule has 88 valence electrons. The number of rotatable bonds is 6. The number of ether oxygens (including phenoxy) is 4. The molecule has 0 amide bonds. The summed E-state index contributed by atoms with van der Waals surface area (Å²) in [5.41, 5.74) is 0. The van der Waals surface area contributed by atoms with Gasteiger partial charge in [-0.25, -0.2) is 0 Å². The van der Waals surface area contributed by atoms with E-state index in [0.717, 1.165) is 0 Å². The van der Waals surface area contributed by atoms with Crippen LogP contribution in [0, 0.1) is 0 Å². The predicted molar refractivity (Wildman–Crippen MR) is 56.7 cm³/mol. The summed E-state index contributed by atoms with van der Waals surface area (Å²) in [6.45, 7) is 5.21. The molecule has 0 spiro atoms. The number of hydrogen-bond donors (Lipinski definition) is 0. The lowest BCUT2D eigenvalue weighted by Gasteiger charge is -2.14. The van der Waals surface area contributed by atoms with Crippen LogP contribution >= 0.6 is 0 Å². The van der Waals surface area contributed by atoms with Crippen LogP contribution in [0.1, 0.15) is 13.8 Å². The molecule has 0 bridgehead atoms. The van der Waals surface area contributed by atoms with Gasteiger partial charge in [0.05, 0.1) is 25.4 Å². The molecule has 14 heavy (non-hydrogen) atoms. The lowest BCUT2D eigenvalue weighted by atomic mass is 10.4. The summed E-state index contributed by atoms with van der Waals surface area (Å²) in [4.78, 5) is 0. The maximum Gasteiger partial charge on any atom is 0.0781 e. The smallest absolute Gasteiger partial charge is 0.0781 e. The molecule has 0 saturated heterocycles. The van der Waals surface area contributed by atoms with E-state index in [1.54, 1.807) is 28.4 Å². The van der Waals surface area contributed by atoms with Crippen molar-refractivity contribution in [3.63, 3.8) is 0 Å². The Morgan fingerprint density at radius 3 is 1.71 bits per heavy atom. The van der Waals surface area contributed by atoms with E-state index in [-0.39, 0.29) is 12.2 Å². The molecule has 0 aromatic rings. The van der Waals surface area contributed by atoms with Crippen LogP contribution in [0.3, 0.4) is 0 Å². The summed E-state index contributed by atoms with van der Waals surface area (Å²) >= 11 is 0. The Bertz CT molecular complexity index is 98.1. The van der Waals surface area contributed by atoms with Gasteiger partial charge >= 0.3 is 0 Å². The first-order chi connectivity index (χ1) is 6.62. The van der Waals surface area contributed by atoms with Gasteiger partial charge in [0.2, 0.25) is 0 Å². The van der Waals surface area contributed by atoms with Gasteiger partial charge in [0.1, 0.15) is 0 Å². The second-order valence-corrected chi connectivity index (χ2v) is 3.05. The highest BCUT2D eigenvalue weighted by Gasteiger charge is 2.04. The Hall–Kier alpha value is -0.160. The molecule has 0 radical (unpaired) electrons. The molecule has 0 aromatic heterocycles. The quantitative estimate of drug-likeness (QED) is 0.660. The van der Waals surface area contributed by atoms with E-state index in [1.807, 2.05) is 13.8 Å². The third kappa shape index (κ3) is 14.4. The maximum absolute atomic E-state index is 5.39. The van der Waals surface area contributed by atoms with Crippen molar-refractivity contribution >= 4 is 0 Å². The molecule has 2 unspecified atom stereocenters. The van der Waals surface area contributed by atoms with Gasteiger partial charge in [0.25, 0.3) is 0 Å². The zero-order valence-electron chi connectivity index (χ0n) is 10.2. The Labute approximate surface area is 87.5 Å². The second kappa shape index (κ2) is 12.8. The molecule has 0 aliphatic heterocycles. The summed E-state index contributed by atoms with van der Waals surface area (Å²) in [7, 11) is 6.59. The average molecular weight is 208 g/mol. The van der Waals surface area contributed by atoms with Gasteiger partial charge in [0, 0.05) is 28.4 Å². The molecule has 0 rings (SSSR count). The van der Waals surface area contributed by atoms with Crippen molar-refractivity contribution in [2.45, 2.75) is 26.1 Å². The molecule has 0 aliphatic carbocycles. The zero-order valence-corrected chi connectivity index (χ0v) is 10.2. The van der Waals surface area contributed by atoms with Crippen LogP contribution in [0.15, 0.2) is 0 Å². The minimum absolute atomic E-state index is 0.151. The minimum Gasteiger partial charge on any atom is -0.388 e. The number of hydrogen-bond acceptors (Lipinski definition) is 4. The summed E-state index contributed by atoms with van der Waals surface area (Å²) in [5.74, 6) is 0. The van der Waals surface area contributed by atoms with Crippen molar-refractivity contribution in [2.75, 3.05) is 41.7 Å². The van der Waals surface area contributed by atoms with Crippen LogP contribution < -0.4 is 0 Å². The average Bonchev–Trinajstić information content (AvgIpc) is 2.16. The standard InChI is InChI=1S/C8H18O3.C2H6O/c1-7(10-4)6-11-8(2)5-9-3;1-3-2/h7-8H,5-6H2,1-4H3;1-2H3. The first kappa shape index (κ1) is 16.3. The summed E-state index contributed by atoms with van der Waals surface area (Å²) in [5, 5.41) is 0. The van der Waals surface area contributed by atoms with Gasteiger partial charge in [-0.3, -0.25) is 0 Å². The first-order valence-electron chi connectivity index (χ1n) is 4.65. The summed E-state index contributed by atoms with van der Waals surface area (Å²) in [6, 6.07) is 0. The van der Waals surface area contributed by atoms with E-state index < -0.39 is 0 Å². The van der Waals surface area contributed by atoms with Crippen molar-refractivity contribution in [3.05, 3.63) is 0 Å². The molecular weight excluding hydrogens is 184 g/mol. The summed E-state index contributed by atoms with van der Waals surface area (Å²) < 4.78 is 19.6. The summed E-state index contributed by atoms with van der Waals surface area (Å²) in [6.07, 6.45) is 0.312. The monoisotopic (exact) mass is 208 g/mol. The van der Waals surface area contributed by atoms with Crippen LogP contribution in [0.5, 0.6) is 0 Å². The van der Waals surface area contributed by atoms with E-state index in [4.69, 9.17) is 14.2 Å².